The Bertz CT molecular complexity index is 547. The Labute approximate surface area is 115 Å². The molecular weight excluding hydrogens is 292 g/mol. The van der Waals surface area contributed by atoms with E-state index < -0.39 is 0 Å². The van der Waals surface area contributed by atoms with Gasteiger partial charge in [0.25, 0.3) is 0 Å². The van der Waals surface area contributed by atoms with Crippen LogP contribution in [0.1, 0.15) is 22.8 Å². The monoisotopic (exact) mass is 304 g/mol. The summed E-state index contributed by atoms with van der Waals surface area (Å²) in [5, 5.41) is 0. The molecule has 0 N–H and O–H groups in total. The molecule has 2 rings (SSSR count). The fourth-order valence-corrected chi connectivity index (χ4v) is 2.00. The Morgan fingerprint density at radius 3 is 2.50 bits per heavy atom. The molecule has 0 heterocycles. The zero-order valence-electron chi connectivity index (χ0n) is 10.0. The lowest BCUT2D eigenvalue weighted by Crippen LogP contribution is -1.90. The summed E-state index contributed by atoms with van der Waals surface area (Å²) < 4.78 is 6.56. The molecule has 0 unspecified atom stereocenters. The van der Waals surface area contributed by atoms with Gasteiger partial charge in [-0.1, -0.05) is 35.0 Å². The van der Waals surface area contributed by atoms with Crippen LogP contribution in [0.3, 0.4) is 0 Å². The van der Waals surface area contributed by atoms with Gasteiger partial charge in [0.05, 0.1) is 5.56 Å². The maximum absolute atomic E-state index is 11.0. The minimum atomic E-state index is 0.531. The molecule has 0 spiro atoms. The summed E-state index contributed by atoms with van der Waals surface area (Å²) in [7, 11) is 0. The first-order chi connectivity index (χ1) is 8.72. The topological polar surface area (TPSA) is 26.3 Å². The third-order valence-corrected chi connectivity index (χ3v) is 3.15. The Kier molecular flexibility index (Phi) is 4.15. The van der Waals surface area contributed by atoms with E-state index >= 15 is 0 Å². The van der Waals surface area contributed by atoms with Gasteiger partial charge in [-0.2, -0.15) is 0 Å². The number of ether oxygens (including phenoxy) is 1. The molecule has 92 valence electrons. The SMILES string of the molecule is CCc1ccc(Oc2ccc(Br)cc2C=O)cc1. The van der Waals surface area contributed by atoms with E-state index in [0.29, 0.717) is 11.3 Å². The molecule has 0 atom stereocenters. The second kappa shape index (κ2) is 5.83. The molecule has 0 amide bonds. The molecular formula is C15H13BrO2. The second-order valence-electron chi connectivity index (χ2n) is 3.90. The van der Waals surface area contributed by atoms with Gasteiger partial charge in [-0.3, -0.25) is 4.79 Å². The van der Waals surface area contributed by atoms with Crippen LogP contribution in [-0.2, 0) is 6.42 Å². The summed E-state index contributed by atoms with van der Waals surface area (Å²) in [6, 6.07) is 13.2. The Balaban J connectivity index is 2.24. The number of carbonyl (C=O) groups excluding carboxylic acids is 1. The number of hydrogen-bond acceptors (Lipinski definition) is 2. The van der Waals surface area contributed by atoms with Crippen LogP contribution in [0.5, 0.6) is 11.5 Å². The number of aryl methyl sites for hydroxylation is 1. The Hall–Kier alpha value is -1.61. The highest BCUT2D eigenvalue weighted by Gasteiger charge is 2.05. The minimum Gasteiger partial charge on any atom is -0.457 e. The average Bonchev–Trinajstić information content (AvgIpc) is 2.41. The fourth-order valence-electron chi connectivity index (χ4n) is 1.62. The van der Waals surface area contributed by atoms with Crippen molar-refractivity contribution in [2.24, 2.45) is 0 Å². The van der Waals surface area contributed by atoms with Crippen molar-refractivity contribution in [2.45, 2.75) is 13.3 Å². The maximum Gasteiger partial charge on any atom is 0.153 e. The summed E-state index contributed by atoms with van der Waals surface area (Å²) in [5.41, 5.74) is 1.79. The maximum atomic E-state index is 11.0. The van der Waals surface area contributed by atoms with Gasteiger partial charge in [0.1, 0.15) is 11.5 Å². The summed E-state index contributed by atoms with van der Waals surface area (Å²) in [5.74, 6) is 1.30. The molecule has 0 aliphatic rings. The molecule has 0 bridgehead atoms. The highest BCUT2D eigenvalue weighted by molar-refractivity contribution is 9.10. The van der Waals surface area contributed by atoms with Crippen LogP contribution in [0.2, 0.25) is 0 Å². The van der Waals surface area contributed by atoms with Gasteiger partial charge in [-0.05, 0) is 42.3 Å². The van der Waals surface area contributed by atoms with Gasteiger partial charge >= 0.3 is 0 Å². The molecule has 0 aromatic heterocycles. The highest BCUT2D eigenvalue weighted by atomic mass is 79.9. The molecule has 0 saturated carbocycles. The van der Waals surface area contributed by atoms with Crippen molar-refractivity contribution >= 4 is 22.2 Å². The molecule has 2 aromatic rings. The zero-order valence-corrected chi connectivity index (χ0v) is 11.6. The van der Waals surface area contributed by atoms with E-state index in [2.05, 4.69) is 22.9 Å². The smallest absolute Gasteiger partial charge is 0.153 e. The molecule has 18 heavy (non-hydrogen) atoms. The molecule has 3 heteroatoms. The molecule has 0 fully saturated rings. The summed E-state index contributed by atoms with van der Waals surface area (Å²) in [6.45, 7) is 2.11. The van der Waals surface area contributed by atoms with Gasteiger partial charge in [-0.15, -0.1) is 0 Å². The molecule has 2 aromatic carbocycles. The van der Waals surface area contributed by atoms with E-state index in [9.17, 15) is 4.79 Å². The van der Waals surface area contributed by atoms with Crippen molar-refractivity contribution in [2.75, 3.05) is 0 Å². The number of hydrogen-bond donors (Lipinski definition) is 0. The third-order valence-electron chi connectivity index (χ3n) is 2.66. The molecule has 0 saturated heterocycles. The number of benzene rings is 2. The molecule has 0 radical (unpaired) electrons. The lowest BCUT2D eigenvalue weighted by Gasteiger charge is -2.08. The van der Waals surface area contributed by atoms with Crippen LogP contribution < -0.4 is 4.74 Å². The molecule has 0 aliphatic carbocycles. The van der Waals surface area contributed by atoms with Gasteiger partial charge in [0.2, 0.25) is 0 Å². The van der Waals surface area contributed by atoms with Crippen LogP contribution >= 0.6 is 15.9 Å². The largest absolute Gasteiger partial charge is 0.457 e. The van der Waals surface area contributed by atoms with Gasteiger partial charge in [-0.25, -0.2) is 0 Å². The Morgan fingerprint density at radius 2 is 1.89 bits per heavy atom. The number of carbonyl (C=O) groups is 1. The van der Waals surface area contributed by atoms with Crippen molar-refractivity contribution in [1.82, 2.24) is 0 Å². The summed E-state index contributed by atoms with van der Waals surface area (Å²) in [6.07, 6.45) is 1.79. The fraction of sp³-hybridized carbons (Fsp3) is 0.133. The van der Waals surface area contributed by atoms with E-state index in [1.165, 1.54) is 5.56 Å². The van der Waals surface area contributed by atoms with Crippen LogP contribution in [-0.4, -0.2) is 6.29 Å². The van der Waals surface area contributed by atoms with Crippen LogP contribution in [0, 0.1) is 0 Å². The van der Waals surface area contributed by atoms with Crippen LogP contribution in [0.15, 0.2) is 46.9 Å². The van der Waals surface area contributed by atoms with Crippen LogP contribution in [0.4, 0.5) is 0 Å². The first-order valence-corrected chi connectivity index (χ1v) is 6.53. The van der Waals surface area contributed by atoms with E-state index in [1.54, 1.807) is 12.1 Å². The first-order valence-electron chi connectivity index (χ1n) is 5.74. The van der Waals surface area contributed by atoms with E-state index in [4.69, 9.17) is 4.74 Å². The standard InChI is InChI=1S/C15H13BrO2/c1-2-11-3-6-14(7-4-11)18-15-8-5-13(16)9-12(15)10-17/h3-10H,2H2,1H3. The van der Waals surface area contributed by atoms with Gasteiger partial charge < -0.3 is 4.74 Å². The van der Waals surface area contributed by atoms with Crippen molar-refractivity contribution in [3.05, 3.63) is 58.1 Å². The quantitative estimate of drug-likeness (QED) is 0.771. The lowest BCUT2D eigenvalue weighted by atomic mass is 10.2. The predicted molar refractivity (Wildman–Crippen MR) is 75.4 cm³/mol. The van der Waals surface area contributed by atoms with Gasteiger partial charge in [0.15, 0.2) is 6.29 Å². The van der Waals surface area contributed by atoms with Crippen molar-refractivity contribution in [3.8, 4) is 11.5 Å². The van der Waals surface area contributed by atoms with E-state index in [1.807, 2.05) is 30.3 Å². The van der Waals surface area contributed by atoms with Crippen molar-refractivity contribution in [1.29, 1.82) is 0 Å². The second-order valence-corrected chi connectivity index (χ2v) is 4.82. The van der Waals surface area contributed by atoms with E-state index in [0.717, 1.165) is 22.9 Å². The van der Waals surface area contributed by atoms with E-state index in [-0.39, 0.29) is 0 Å². The number of halogens is 1. The van der Waals surface area contributed by atoms with Crippen molar-refractivity contribution < 1.29 is 9.53 Å². The molecule has 0 aliphatic heterocycles. The zero-order chi connectivity index (χ0) is 13.0. The first kappa shape index (κ1) is 12.8. The Morgan fingerprint density at radius 1 is 1.17 bits per heavy atom. The number of rotatable bonds is 4. The molecule has 2 nitrogen and oxygen atoms in total. The third kappa shape index (κ3) is 2.99. The lowest BCUT2D eigenvalue weighted by molar-refractivity contribution is 0.112. The summed E-state index contributed by atoms with van der Waals surface area (Å²) >= 11 is 3.33. The highest BCUT2D eigenvalue weighted by Crippen LogP contribution is 2.27. The minimum absolute atomic E-state index is 0.531. The normalized spacial score (nSPS) is 10.1. The average molecular weight is 305 g/mol. The predicted octanol–water partition coefficient (Wildman–Crippen LogP) is 4.62. The number of aldehydes is 1. The van der Waals surface area contributed by atoms with Crippen molar-refractivity contribution in [3.63, 3.8) is 0 Å². The van der Waals surface area contributed by atoms with Gasteiger partial charge in [0, 0.05) is 4.47 Å². The summed E-state index contributed by atoms with van der Waals surface area (Å²) in [4.78, 5) is 11.0. The van der Waals surface area contributed by atoms with Crippen LogP contribution in [0.25, 0.3) is 0 Å².